The first kappa shape index (κ1) is 17.4. The minimum atomic E-state index is 0.163. The Morgan fingerprint density at radius 2 is 1.67 bits per heavy atom. The molecule has 1 aliphatic rings. The molecule has 0 radical (unpaired) electrons. The first-order chi connectivity index (χ1) is 11.6. The lowest BCUT2D eigenvalue weighted by molar-refractivity contribution is 0.0696. The van der Waals surface area contributed by atoms with Crippen molar-refractivity contribution in [2.75, 3.05) is 26.2 Å². The summed E-state index contributed by atoms with van der Waals surface area (Å²) in [6, 6.07) is 8.60. The molecule has 0 spiro atoms. The van der Waals surface area contributed by atoms with Crippen molar-refractivity contribution in [3.63, 3.8) is 0 Å². The highest BCUT2D eigenvalue weighted by molar-refractivity contribution is 6.31. The molecular weight excluding hydrogens is 324 g/mol. The van der Waals surface area contributed by atoms with Crippen LogP contribution in [0.2, 0.25) is 5.02 Å². The number of nitrogens with zero attached hydrogens (tertiary/aromatic N) is 4. The number of benzene rings is 1. The largest absolute Gasteiger partial charge is 0.424 e. The third-order valence-electron chi connectivity index (χ3n) is 4.94. The van der Waals surface area contributed by atoms with Crippen molar-refractivity contribution in [3.8, 4) is 0 Å². The monoisotopic (exact) mass is 348 g/mol. The van der Waals surface area contributed by atoms with Gasteiger partial charge < -0.3 is 4.42 Å². The number of rotatable bonds is 5. The summed E-state index contributed by atoms with van der Waals surface area (Å²) in [6.45, 7) is 10.4. The van der Waals surface area contributed by atoms with Crippen LogP contribution in [0.25, 0.3) is 0 Å². The maximum Gasteiger partial charge on any atom is 0.233 e. The standard InChI is InChI=1S/C18H25ClN4O/c1-4-17-20-21-18(24-17)14(3)23-11-9-22(10-12-23)13(2)15-7-5-6-8-16(15)19/h5-8,13-14H,4,9-12H2,1-3H3/t13-,14-/m1/s1. The van der Waals surface area contributed by atoms with Gasteiger partial charge in [0.1, 0.15) is 0 Å². The highest BCUT2D eigenvalue weighted by Crippen LogP contribution is 2.29. The summed E-state index contributed by atoms with van der Waals surface area (Å²) in [7, 11) is 0. The Bertz CT molecular complexity index is 667. The molecule has 2 aromatic rings. The molecule has 0 N–H and O–H groups in total. The molecule has 1 saturated heterocycles. The second kappa shape index (κ2) is 7.64. The Balaban J connectivity index is 1.60. The van der Waals surface area contributed by atoms with E-state index in [2.05, 4.69) is 46.0 Å². The number of hydrogen-bond acceptors (Lipinski definition) is 5. The lowest BCUT2D eigenvalue weighted by Crippen LogP contribution is -2.47. The van der Waals surface area contributed by atoms with Gasteiger partial charge >= 0.3 is 0 Å². The zero-order valence-electron chi connectivity index (χ0n) is 14.6. The number of aryl methyl sites for hydroxylation is 1. The molecule has 1 aromatic heterocycles. The second-order valence-corrected chi connectivity index (χ2v) is 6.74. The molecule has 0 bridgehead atoms. The van der Waals surface area contributed by atoms with Crippen LogP contribution in [-0.4, -0.2) is 46.2 Å². The van der Waals surface area contributed by atoms with Gasteiger partial charge in [0.25, 0.3) is 0 Å². The van der Waals surface area contributed by atoms with Crippen molar-refractivity contribution >= 4 is 11.6 Å². The van der Waals surface area contributed by atoms with Crippen molar-refractivity contribution in [2.24, 2.45) is 0 Å². The number of hydrogen-bond donors (Lipinski definition) is 0. The molecule has 0 unspecified atom stereocenters. The molecule has 5 nitrogen and oxygen atoms in total. The van der Waals surface area contributed by atoms with Crippen molar-refractivity contribution in [1.82, 2.24) is 20.0 Å². The highest BCUT2D eigenvalue weighted by Gasteiger charge is 2.28. The maximum atomic E-state index is 6.35. The smallest absolute Gasteiger partial charge is 0.233 e. The molecule has 0 saturated carbocycles. The fraction of sp³-hybridized carbons (Fsp3) is 0.556. The molecule has 130 valence electrons. The van der Waals surface area contributed by atoms with E-state index >= 15 is 0 Å². The van der Waals surface area contributed by atoms with Gasteiger partial charge in [0.2, 0.25) is 11.8 Å². The topological polar surface area (TPSA) is 45.4 Å². The van der Waals surface area contributed by atoms with E-state index in [1.54, 1.807) is 0 Å². The lowest BCUT2D eigenvalue weighted by Gasteiger charge is -2.40. The van der Waals surface area contributed by atoms with E-state index in [1.165, 1.54) is 5.56 Å². The lowest BCUT2D eigenvalue weighted by atomic mass is 10.1. The van der Waals surface area contributed by atoms with Crippen molar-refractivity contribution in [3.05, 3.63) is 46.6 Å². The first-order valence-electron chi connectivity index (χ1n) is 8.65. The molecule has 3 rings (SSSR count). The van der Waals surface area contributed by atoms with Crippen molar-refractivity contribution in [2.45, 2.75) is 39.3 Å². The third-order valence-corrected chi connectivity index (χ3v) is 5.29. The average Bonchev–Trinajstić information content (AvgIpc) is 3.10. The summed E-state index contributed by atoms with van der Waals surface area (Å²) in [4.78, 5) is 4.89. The van der Waals surface area contributed by atoms with Crippen LogP contribution in [0.15, 0.2) is 28.7 Å². The van der Waals surface area contributed by atoms with Gasteiger partial charge in [-0.25, -0.2) is 0 Å². The van der Waals surface area contributed by atoms with Gasteiger partial charge in [-0.3, -0.25) is 9.80 Å². The first-order valence-corrected chi connectivity index (χ1v) is 9.02. The van der Waals surface area contributed by atoms with Gasteiger partial charge in [-0.15, -0.1) is 10.2 Å². The zero-order chi connectivity index (χ0) is 17.1. The minimum Gasteiger partial charge on any atom is -0.424 e. The number of halogens is 1. The van der Waals surface area contributed by atoms with Crippen molar-refractivity contribution in [1.29, 1.82) is 0 Å². The third kappa shape index (κ3) is 3.63. The van der Waals surface area contributed by atoms with Gasteiger partial charge in [-0.1, -0.05) is 36.7 Å². The molecular formula is C18H25ClN4O. The predicted molar refractivity (Wildman–Crippen MR) is 95.1 cm³/mol. The summed E-state index contributed by atoms with van der Waals surface area (Å²) in [5.74, 6) is 1.43. The van der Waals surface area contributed by atoms with Crippen LogP contribution in [0.1, 0.15) is 50.2 Å². The van der Waals surface area contributed by atoms with Crippen LogP contribution in [0.4, 0.5) is 0 Å². The molecule has 0 aliphatic carbocycles. The van der Waals surface area contributed by atoms with E-state index in [1.807, 2.05) is 19.1 Å². The minimum absolute atomic E-state index is 0.163. The van der Waals surface area contributed by atoms with Crippen LogP contribution in [-0.2, 0) is 6.42 Å². The summed E-state index contributed by atoms with van der Waals surface area (Å²) in [6.07, 6.45) is 0.781. The summed E-state index contributed by atoms with van der Waals surface area (Å²) in [5, 5.41) is 9.11. The second-order valence-electron chi connectivity index (χ2n) is 6.33. The summed E-state index contributed by atoms with van der Waals surface area (Å²) >= 11 is 6.35. The van der Waals surface area contributed by atoms with Crippen LogP contribution in [0.5, 0.6) is 0 Å². The van der Waals surface area contributed by atoms with Crippen LogP contribution in [0.3, 0.4) is 0 Å². The molecule has 1 aliphatic heterocycles. The Kier molecular flexibility index (Phi) is 5.54. The average molecular weight is 349 g/mol. The molecule has 2 heterocycles. The summed E-state index contributed by atoms with van der Waals surface area (Å²) in [5.41, 5.74) is 1.20. The normalized spacial score (nSPS) is 19.3. The Labute approximate surface area is 148 Å². The van der Waals surface area contributed by atoms with Crippen LogP contribution < -0.4 is 0 Å². The van der Waals surface area contributed by atoms with E-state index in [0.29, 0.717) is 11.9 Å². The van der Waals surface area contributed by atoms with Crippen LogP contribution >= 0.6 is 11.6 Å². The fourth-order valence-corrected chi connectivity index (χ4v) is 3.55. The Hall–Kier alpha value is -1.43. The fourth-order valence-electron chi connectivity index (χ4n) is 3.26. The molecule has 1 fully saturated rings. The molecule has 6 heteroatoms. The number of piperazine rings is 1. The number of aromatic nitrogens is 2. The van der Waals surface area contributed by atoms with E-state index in [-0.39, 0.29) is 6.04 Å². The molecule has 0 amide bonds. The van der Waals surface area contributed by atoms with Crippen molar-refractivity contribution < 1.29 is 4.42 Å². The molecule has 1 aromatic carbocycles. The zero-order valence-corrected chi connectivity index (χ0v) is 15.3. The van der Waals surface area contributed by atoms with E-state index in [9.17, 15) is 0 Å². The summed E-state index contributed by atoms with van der Waals surface area (Å²) < 4.78 is 5.71. The Morgan fingerprint density at radius 1 is 1.04 bits per heavy atom. The SMILES string of the molecule is CCc1nnc([C@@H](C)N2CCN([C@H](C)c3ccccc3Cl)CC2)o1. The van der Waals surface area contributed by atoms with Crippen LogP contribution in [0, 0.1) is 0 Å². The van der Waals surface area contributed by atoms with E-state index in [0.717, 1.165) is 43.5 Å². The maximum absolute atomic E-state index is 6.35. The Morgan fingerprint density at radius 3 is 2.25 bits per heavy atom. The van der Waals surface area contributed by atoms with E-state index < -0.39 is 0 Å². The predicted octanol–water partition coefficient (Wildman–Crippen LogP) is 3.73. The quantitative estimate of drug-likeness (QED) is 0.824. The van der Waals surface area contributed by atoms with Gasteiger partial charge in [-0.05, 0) is 25.5 Å². The molecule has 2 atom stereocenters. The van der Waals surface area contributed by atoms with Gasteiger partial charge in [0, 0.05) is 43.7 Å². The van der Waals surface area contributed by atoms with E-state index in [4.69, 9.17) is 16.0 Å². The van der Waals surface area contributed by atoms with Gasteiger partial charge in [-0.2, -0.15) is 0 Å². The van der Waals surface area contributed by atoms with Gasteiger partial charge in [0.05, 0.1) is 6.04 Å². The highest BCUT2D eigenvalue weighted by atomic mass is 35.5. The van der Waals surface area contributed by atoms with Gasteiger partial charge in [0.15, 0.2) is 0 Å². The molecule has 24 heavy (non-hydrogen) atoms.